The van der Waals surface area contributed by atoms with Crippen LogP contribution < -0.4 is 16.0 Å². The van der Waals surface area contributed by atoms with Crippen molar-refractivity contribution in [2.45, 2.75) is 19.4 Å². The lowest BCUT2D eigenvalue weighted by molar-refractivity contribution is 0.0957. The number of amides is 1. The molecule has 0 radical (unpaired) electrons. The van der Waals surface area contributed by atoms with Gasteiger partial charge in [-0.25, -0.2) is 0 Å². The predicted molar refractivity (Wildman–Crippen MR) is 133 cm³/mol. The molecule has 0 saturated carbocycles. The van der Waals surface area contributed by atoms with E-state index in [1.807, 2.05) is 17.5 Å². The topological polar surface area (TPSA) is 70.4 Å². The van der Waals surface area contributed by atoms with E-state index >= 15 is 0 Å². The number of para-hydroxylation sites is 1. The van der Waals surface area contributed by atoms with Crippen LogP contribution in [0.3, 0.4) is 0 Å². The van der Waals surface area contributed by atoms with E-state index in [9.17, 15) is 4.79 Å². The molecule has 2 aromatic heterocycles. The molecule has 1 amide bonds. The maximum atomic E-state index is 11.9. The van der Waals surface area contributed by atoms with Gasteiger partial charge in [0.05, 0.1) is 4.88 Å². The minimum absolute atomic E-state index is 0. The van der Waals surface area contributed by atoms with Gasteiger partial charge in [0.1, 0.15) is 0 Å². The SMILES string of the molecule is CN=C(NCCCNC(=O)c1cccs1)NCCCn1ccc2ccccc21.I. The van der Waals surface area contributed by atoms with Crippen LogP contribution in [0.4, 0.5) is 0 Å². The molecule has 156 valence electrons. The van der Waals surface area contributed by atoms with Crippen molar-refractivity contribution in [3.05, 3.63) is 58.9 Å². The molecular formula is C21H28IN5OS. The van der Waals surface area contributed by atoms with Gasteiger partial charge in [0.2, 0.25) is 0 Å². The number of aliphatic imine (C=N–C) groups is 1. The summed E-state index contributed by atoms with van der Waals surface area (Å²) in [5, 5.41) is 12.7. The van der Waals surface area contributed by atoms with Crippen molar-refractivity contribution in [2.24, 2.45) is 4.99 Å². The first kappa shape index (κ1) is 23.2. The first-order valence-electron chi connectivity index (χ1n) is 9.58. The number of aryl methyl sites for hydroxylation is 1. The molecule has 3 aromatic rings. The molecule has 29 heavy (non-hydrogen) atoms. The van der Waals surface area contributed by atoms with Crippen molar-refractivity contribution < 1.29 is 4.79 Å². The summed E-state index contributed by atoms with van der Waals surface area (Å²) >= 11 is 1.46. The van der Waals surface area contributed by atoms with Crippen LogP contribution in [0, 0.1) is 0 Å². The third-order valence-electron chi connectivity index (χ3n) is 4.45. The molecule has 8 heteroatoms. The fourth-order valence-electron chi connectivity index (χ4n) is 3.00. The van der Waals surface area contributed by atoms with E-state index in [2.05, 4.69) is 62.0 Å². The van der Waals surface area contributed by atoms with Crippen LogP contribution >= 0.6 is 35.3 Å². The first-order valence-corrected chi connectivity index (χ1v) is 10.5. The molecule has 0 aliphatic carbocycles. The van der Waals surface area contributed by atoms with Crippen molar-refractivity contribution in [3.8, 4) is 0 Å². The highest BCUT2D eigenvalue weighted by Crippen LogP contribution is 2.15. The molecule has 0 bridgehead atoms. The number of nitrogens with one attached hydrogen (secondary N) is 3. The molecule has 6 nitrogen and oxygen atoms in total. The molecular weight excluding hydrogens is 497 g/mol. The molecule has 0 spiro atoms. The van der Waals surface area contributed by atoms with E-state index in [4.69, 9.17) is 0 Å². The third-order valence-corrected chi connectivity index (χ3v) is 5.32. The molecule has 0 aliphatic rings. The zero-order valence-corrected chi connectivity index (χ0v) is 19.7. The van der Waals surface area contributed by atoms with Crippen molar-refractivity contribution in [1.82, 2.24) is 20.5 Å². The number of hydrogen-bond donors (Lipinski definition) is 3. The molecule has 2 heterocycles. The zero-order chi connectivity index (χ0) is 19.6. The van der Waals surface area contributed by atoms with Gasteiger partial charge in [-0.15, -0.1) is 35.3 Å². The second kappa shape index (κ2) is 12.5. The average molecular weight is 525 g/mol. The van der Waals surface area contributed by atoms with Gasteiger partial charge in [0.25, 0.3) is 5.91 Å². The fraction of sp³-hybridized carbons (Fsp3) is 0.333. The third kappa shape index (κ3) is 7.04. The smallest absolute Gasteiger partial charge is 0.261 e. The maximum absolute atomic E-state index is 11.9. The summed E-state index contributed by atoms with van der Waals surface area (Å²) in [5.74, 6) is 0.789. The zero-order valence-electron chi connectivity index (χ0n) is 16.6. The van der Waals surface area contributed by atoms with E-state index in [1.54, 1.807) is 7.05 Å². The Bertz CT molecular complexity index is 907. The molecule has 1 aromatic carbocycles. The number of aromatic nitrogens is 1. The van der Waals surface area contributed by atoms with Crippen molar-refractivity contribution >= 4 is 58.1 Å². The summed E-state index contributed by atoms with van der Waals surface area (Å²) in [6.07, 6.45) is 3.99. The lowest BCUT2D eigenvalue weighted by atomic mass is 10.2. The minimum atomic E-state index is -0.00459. The monoisotopic (exact) mass is 525 g/mol. The number of benzene rings is 1. The summed E-state index contributed by atoms with van der Waals surface area (Å²) in [5.41, 5.74) is 1.27. The molecule has 0 aliphatic heterocycles. The highest BCUT2D eigenvalue weighted by atomic mass is 127. The summed E-state index contributed by atoms with van der Waals surface area (Å²) in [4.78, 5) is 16.9. The summed E-state index contributed by atoms with van der Waals surface area (Å²) < 4.78 is 2.28. The van der Waals surface area contributed by atoms with E-state index in [0.717, 1.165) is 43.3 Å². The van der Waals surface area contributed by atoms with Gasteiger partial charge < -0.3 is 20.5 Å². The van der Waals surface area contributed by atoms with Gasteiger partial charge in [-0.05, 0) is 41.8 Å². The lowest BCUT2D eigenvalue weighted by Gasteiger charge is -2.12. The number of hydrogen-bond acceptors (Lipinski definition) is 3. The Morgan fingerprint density at radius 1 is 1.00 bits per heavy atom. The normalized spacial score (nSPS) is 11.1. The minimum Gasteiger partial charge on any atom is -0.356 e. The van der Waals surface area contributed by atoms with Crippen LogP contribution in [0.25, 0.3) is 10.9 Å². The fourth-order valence-corrected chi connectivity index (χ4v) is 3.64. The molecule has 3 N–H and O–H groups in total. The van der Waals surface area contributed by atoms with E-state index < -0.39 is 0 Å². The quantitative estimate of drug-likeness (QED) is 0.173. The second-order valence-electron chi connectivity index (χ2n) is 6.43. The Kier molecular flexibility index (Phi) is 9.99. The van der Waals surface area contributed by atoms with Gasteiger partial charge in [0.15, 0.2) is 5.96 Å². The highest BCUT2D eigenvalue weighted by molar-refractivity contribution is 14.0. The van der Waals surface area contributed by atoms with Gasteiger partial charge in [-0.3, -0.25) is 9.79 Å². The molecule has 3 rings (SSSR count). The Balaban J connectivity index is 0.00000300. The summed E-state index contributed by atoms with van der Waals surface area (Å²) in [6, 6.07) is 14.3. The number of fused-ring (bicyclic) bond motifs is 1. The van der Waals surface area contributed by atoms with Gasteiger partial charge in [-0.1, -0.05) is 24.3 Å². The molecule has 0 unspecified atom stereocenters. The maximum Gasteiger partial charge on any atom is 0.261 e. The number of guanidine groups is 1. The van der Waals surface area contributed by atoms with Crippen LogP contribution in [-0.2, 0) is 6.54 Å². The van der Waals surface area contributed by atoms with Crippen molar-refractivity contribution in [3.63, 3.8) is 0 Å². The molecule has 0 saturated heterocycles. The Hall–Kier alpha value is -2.07. The average Bonchev–Trinajstić information content (AvgIpc) is 3.39. The summed E-state index contributed by atoms with van der Waals surface area (Å²) in [6.45, 7) is 3.21. The van der Waals surface area contributed by atoms with Crippen molar-refractivity contribution in [1.29, 1.82) is 0 Å². The molecule has 0 atom stereocenters. The second-order valence-corrected chi connectivity index (χ2v) is 7.38. The van der Waals surface area contributed by atoms with Crippen LogP contribution in [0.5, 0.6) is 0 Å². The molecule has 0 fully saturated rings. The Labute approximate surface area is 192 Å². The first-order chi connectivity index (χ1) is 13.8. The van der Waals surface area contributed by atoms with Gasteiger partial charge >= 0.3 is 0 Å². The van der Waals surface area contributed by atoms with Crippen LogP contribution in [0.2, 0.25) is 0 Å². The predicted octanol–water partition coefficient (Wildman–Crippen LogP) is 3.70. The number of nitrogens with zero attached hydrogens (tertiary/aromatic N) is 2. The largest absolute Gasteiger partial charge is 0.356 e. The Morgan fingerprint density at radius 2 is 1.76 bits per heavy atom. The number of rotatable bonds is 9. The van der Waals surface area contributed by atoms with Gasteiger partial charge in [-0.2, -0.15) is 0 Å². The van der Waals surface area contributed by atoms with Crippen LogP contribution in [0.15, 0.2) is 59.0 Å². The standard InChI is InChI=1S/C21H27N5OS.HI/c1-22-21(24-12-5-11-23-20(27)19-9-4-16-28-19)25-13-6-14-26-15-10-17-7-2-3-8-18(17)26;/h2-4,7-10,15-16H,5-6,11-14H2,1H3,(H,23,27)(H2,22,24,25);1H. The number of halogens is 1. The van der Waals surface area contributed by atoms with Crippen LogP contribution in [0.1, 0.15) is 22.5 Å². The van der Waals surface area contributed by atoms with Gasteiger partial charge in [0, 0.05) is 44.9 Å². The van der Waals surface area contributed by atoms with E-state index in [-0.39, 0.29) is 29.9 Å². The number of carbonyl (C=O) groups excluding carboxylic acids is 1. The number of carbonyl (C=O) groups is 1. The van der Waals surface area contributed by atoms with E-state index in [0.29, 0.717) is 6.54 Å². The van der Waals surface area contributed by atoms with Crippen LogP contribution in [-0.4, -0.2) is 43.1 Å². The highest BCUT2D eigenvalue weighted by Gasteiger charge is 2.05. The Morgan fingerprint density at radius 3 is 2.52 bits per heavy atom. The summed E-state index contributed by atoms with van der Waals surface area (Å²) in [7, 11) is 1.77. The van der Waals surface area contributed by atoms with E-state index in [1.165, 1.54) is 22.2 Å². The lowest BCUT2D eigenvalue weighted by Crippen LogP contribution is -2.39. The number of thiophene rings is 1. The van der Waals surface area contributed by atoms with Crippen molar-refractivity contribution in [2.75, 3.05) is 26.7 Å².